The van der Waals surface area contributed by atoms with Crippen LogP contribution in [0, 0.1) is 11.3 Å². The Kier molecular flexibility index (Phi) is 5.08. The van der Waals surface area contributed by atoms with Gasteiger partial charge in [-0.1, -0.05) is 40.0 Å². The first-order chi connectivity index (χ1) is 8.55. The van der Waals surface area contributed by atoms with Gasteiger partial charge in [-0.15, -0.1) is 0 Å². The van der Waals surface area contributed by atoms with Gasteiger partial charge in [-0.25, -0.2) is 9.78 Å². The fourth-order valence-electron chi connectivity index (χ4n) is 3.34. The van der Waals surface area contributed by atoms with Gasteiger partial charge < -0.3 is 0 Å². The number of hydrogen-bond donors (Lipinski definition) is 0. The van der Waals surface area contributed by atoms with Crippen LogP contribution in [0.2, 0.25) is 0 Å². The minimum absolute atomic E-state index is 0.352. The van der Waals surface area contributed by atoms with Gasteiger partial charge in [0.2, 0.25) is 0 Å². The highest BCUT2D eigenvalue weighted by Crippen LogP contribution is 2.38. The molecule has 0 amide bonds. The molecule has 0 bridgehead atoms. The molecule has 0 N–H and O–H groups in total. The van der Waals surface area contributed by atoms with Gasteiger partial charge in [0, 0.05) is 0 Å². The smallest absolute Gasteiger partial charge is 0.0930 e. The fraction of sp³-hybridized carbons (Fsp3) is 1.00. The molecule has 0 aromatic carbocycles. The Morgan fingerprint density at radius 3 is 1.67 bits per heavy atom. The fourth-order valence-corrected chi connectivity index (χ4v) is 3.34. The molecule has 0 heterocycles. The molecule has 0 saturated heterocycles. The van der Waals surface area contributed by atoms with E-state index in [1.165, 1.54) is 57.8 Å². The van der Waals surface area contributed by atoms with Crippen LogP contribution >= 0.6 is 0 Å². The zero-order chi connectivity index (χ0) is 13.0. The van der Waals surface area contributed by atoms with Gasteiger partial charge >= 0.3 is 0 Å². The first-order valence-corrected chi connectivity index (χ1v) is 7.88. The largest absolute Gasteiger partial charge is 0.233 e. The maximum atomic E-state index is 5.68. The van der Waals surface area contributed by atoms with Crippen LogP contribution in [0.4, 0.5) is 0 Å². The monoisotopic (exact) mass is 254 g/mol. The molecule has 2 saturated carbocycles. The normalized spacial score (nSPS) is 31.5. The summed E-state index contributed by atoms with van der Waals surface area (Å²) in [5.74, 6) is 0.854. The molecule has 2 fully saturated rings. The van der Waals surface area contributed by atoms with Gasteiger partial charge in [-0.3, -0.25) is 0 Å². The van der Waals surface area contributed by atoms with Crippen LogP contribution in [0.25, 0.3) is 0 Å². The Morgan fingerprint density at radius 1 is 0.667 bits per heavy atom. The van der Waals surface area contributed by atoms with E-state index in [2.05, 4.69) is 20.8 Å². The average Bonchev–Trinajstić information content (AvgIpc) is 2.37. The SMILES string of the molecule is CC(C)(C)C1CCC(OOC2CCCCC2)CC1. The summed E-state index contributed by atoms with van der Waals surface area (Å²) in [6.45, 7) is 7.08. The van der Waals surface area contributed by atoms with E-state index in [1.54, 1.807) is 0 Å². The molecule has 0 aromatic rings. The predicted molar refractivity (Wildman–Crippen MR) is 74.2 cm³/mol. The summed E-state index contributed by atoms with van der Waals surface area (Å²) >= 11 is 0. The standard InChI is InChI=1S/C16H30O2/c1-16(2,3)13-9-11-15(12-10-13)18-17-14-7-5-4-6-8-14/h13-15H,4-12H2,1-3H3. The average molecular weight is 254 g/mol. The molecule has 2 aliphatic rings. The van der Waals surface area contributed by atoms with Gasteiger partial charge in [0.05, 0.1) is 12.2 Å². The van der Waals surface area contributed by atoms with Crippen LogP contribution in [0.3, 0.4) is 0 Å². The van der Waals surface area contributed by atoms with Gasteiger partial charge in [0.25, 0.3) is 0 Å². The van der Waals surface area contributed by atoms with E-state index in [-0.39, 0.29) is 0 Å². The highest BCUT2D eigenvalue weighted by atomic mass is 17.2. The van der Waals surface area contributed by atoms with E-state index in [1.807, 2.05) is 0 Å². The highest BCUT2D eigenvalue weighted by Gasteiger charge is 2.30. The molecule has 2 nitrogen and oxygen atoms in total. The third kappa shape index (κ3) is 4.24. The molecule has 0 spiro atoms. The van der Waals surface area contributed by atoms with E-state index in [0.717, 1.165) is 5.92 Å². The molecular weight excluding hydrogens is 224 g/mol. The maximum absolute atomic E-state index is 5.68. The van der Waals surface area contributed by atoms with Crippen molar-refractivity contribution in [2.75, 3.05) is 0 Å². The van der Waals surface area contributed by atoms with E-state index in [0.29, 0.717) is 17.6 Å². The minimum atomic E-state index is 0.352. The summed E-state index contributed by atoms with van der Waals surface area (Å²) < 4.78 is 0. The summed E-state index contributed by atoms with van der Waals surface area (Å²) in [5.41, 5.74) is 0.454. The lowest BCUT2D eigenvalue weighted by atomic mass is 9.72. The molecule has 0 radical (unpaired) electrons. The third-order valence-electron chi connectivity index (χ3n) is 4.78. The molecule has 2 rings (SSSR count). The molecule has 18 heavy (non-hydrogen) atoms. The predicted octanol–water partition coefficient (Wildman–Crippen LogP) is 4.87. The highest BCUT2D eigenvalue weighted by molar-refractivity contribution is 4.80. The molecule has 0 aromatic heterocycles. The van der Waals surface area contributed by atoms with Crippen molar-refractivity contribution in [3.63, 3.8) is 0 Å². The van der Waals surface area contributed by atoms with Crippen LogP contribution in [0.1, 0.15) is 78.6 Å². The van der Waals surface area contributed by atoms with Gasteiger partial charge in [0.1, 0.15) is 0 Å². The number of hydrogen-bond acceptors (Lipinski definition) is 2. The topological polar surface area (TPSA) is 18.5 Å². The summed E-state index contributed by atoms with van der Waals surface area (Å²) in [7, 11) is 0. The van der Waals surface area contributed by atoms with Crippen LogP contribution in [0.15, 0.2) is 0 Å². The van der Waals surface area contributed by atoms with Crippen molar-refractivity contribution in [2.45, 2.75) is 90.8 Å². The second kappa shape index (κ2) is 6.38. The van der Waals surface area contributed by atoms with Crippen molar-refractivity contribution in [1.29, 1.82) is 0 Å². The van der Waals surface area contributed by atoms with Crippen molar-refractivity contribution in [3.05, 3.63) is 0 Å². The molecular formula is C16H30O2. The van der Waals surface area contributed by atoms with E-state index in [9.17, 15) is 0 Å². The molecule has 0 aliphatic heterocycles. The van der Waals surface area contributed by atoms with E-state index in [4.69, 9.17) is 9.78 Å². The second-order valence-electron chi connectivity index (χ2n) is 7.29. The lowest BCUT2D eigenvalue weighted by Crippen LogP contribution is -2.30. The van der Waals surface area contributed by atoms with Gasteiger partial charge in [-0.2, -0.15) is 0 Å². The van der Waals surface area contributed by atoms with Crippen LogP contribution in [0.5, 0.6) is 0 Å². The lowest BCUT2D eigenvalue weighted by Gasteiger charge is -2.36. The van der Waals surface area contributed by atoms with Crippen LogP contribution < -0.4 is 0 Å². The minimum Gasteiger partial charge on any atom is -0.233 e. The first kappa shape index (κ1) is 14.3. The van der Waals surface area contributed by atoms with E-state index >= 15 is 0 Å². The molecule has 0 unspecified atom stereocenters. The van der Waals surface area contributed by atoms with Crippen molar-refractivity contribution < 1.29 is 9.78 Å². The zero-order valence-electron chi connectivity index (χ0n) is 12.4. The lowest BCUT2D eigenvalue weighted by molar-refractivity contribution is -0.359. The Balaban J connectivity index is 1.64. The third-order valence-corrected chi connectivity index (χ3v) is 4.78. The second-order valence-corrected chi connectivity index (χ2v) is 7.29. The zero-order valence-corrected chi connectivity index (χ0v) is 12.4. The summed E-state index contributed by atoms with van der Waals surface area (Å²) in [4.78, 5) is 11.3. The van der Waals surface area contributed by atoms with Gasteiger partial charge in [-0.05, 0) is 49.9 Å². The Labute approximate surface area is 112 Å². The first-order valence-electron chi connectivity index (χ1n) is 7.88. The van der Waals surface area contributed by atoms with Crippen molar-refractivity contribution >= 4 is 0 Å². The van der Waals surface area contributed by atoms with Crippen LogP contribution in [-0.4, -0.2) is 12.2 Å². The number of rotatable bonds is 3. The van der Waals surface area contributed by atoms with E-state index < -0.39 is 0 Å². The quantitative estimate of drug-likeness (QED) is 0.528. The van der Waals surface area contributed by atoms with Crippen molar-refractivity contribution in [2.24, 2.45) is 11.3 Å². The Hall–Kier alpha value is -0.0800. The summed E-state index contributed by atoms with van der Waals surface area (Å²) in [6.07, 6.45) is 12.0. The molecule has 0 atom stereocenters. The summed E-state index contributed by atoms with van der Waals surface area (Å²) in [5, 5.41) is 0. The van der Waals surface area contributed by atoms with Crippen molar-refractivity contribution in [1.82, 2.24) is 0 Å². The summed E-state index contributed by atoms with van der Waals surface area (Å²) in [6, 6.07) is 0. The molecule has 2 aliphatic carbocycles. The Morgan fingerprint density at radius 2 is 1.17 bits per heavy atom. The maximum Gasteiger partial charge on any atom is 0.0930 e. The Bertz CT molecular complexity index is 230. The van der Waals surface area contributed by atoms with Crippen molar-refractivity contribution in [3.8, 4) is 0 Å². The van der Waals surface area contributed by atoms with Gasteiger partial charge in [0.15, 0.2) is 0 Å². The molecule has 106 valence electrons. The molecule has 2 heteroatoms. The van der Waals surface area contributed by atoms with Crippen LogP contribution in [-0.2, 0) is 9.78 Å².